The maximum Gasteiger partial charge on any atom is 0.163 e. The fourth-order valence-corrected chi connectivity index (χ4v) is 2.39. The number of hydrogen-bond donors (Lipinski definition) is 2. The van der Waals surface area contributed by atoms with Gasteiger partial charge in [-0.05, 0) is 30.7 Å². The van der Waals surface area contributed by atoms with Gasteiger partial charge in [-0.15, -0.1) is 0 Å². The van der Waals surface area contributed by atoms with Crippen molar-refractivity contribution in [3.05, 3.63) is 70.4 Å². The van der Waals surface area contributed by atoms with Crippen molar-refractivity contribution in [2.45, 2.75) is 13.0 Å². The summed E-state index contributed by atoms with van der Waals surface area (Å²) in [7, 11) is 0. The summed E-state index contributed by atoms with van der Waals surface area (Å²) in [5.74, 6) is 0. The van der Waals surface area contributed by atoms with E-state index in [9.17, 15) is 5.26 Å². The molecule has 1 unspecified atom stereocenters. The molecule has 2 aromatic carbocycles. The third kappa shape index (κ3) is 4.52. The quantitative estimate of drug-likeness (QED) is 0.761. The van der Waals surface area contributed by atoms with E-state index in [4.69, 9.17) is 22.1 Å². The molecule has 0 amide bonds. The van der Waals surface area contributed by atoms with Gasteiger partial charge >= 0.3 is 0 Å². The Morgan fingerprint density at radius 3 is 2.24 bits per heavy atom. The van der Waals surface area contributed by atoms with Crippen LogP contribution in [0.5, 0.6) is 0 Å². The maximum atomic E-state index is 9.21. The van der Waals surface area contributed by atoms with E-state index in [1.165, 1.54) is 0 Å². The van der Waals surface area contributed by atoms with Crippen molar-refractivity contribution in [2.24, 2.45) is 0 Å². The summed E-state index contributed by atoms with van der Waals surface area (Å²) in [6, 6.07) is 20.2. The van der Waals surface area contributed by atoms with E-state index < -0.39 is 0 Å². The summed E-state index contributed by atoms with van der Waals surface area (Å²) < 4.78 is 0. The Balaban J connectivity index is 2.36. The van der Waals surface area contributed by atoms with Gasteiger partial charge in [0, 0.05) is 11.1 Å². The van der Waals surface area contributed by atoms with Crippen molar-refractivity contribution in [1.29, 1.82) is 15.8 Å². The van der Waals surface area contributed by atoms with E-state index in [1.807, 2.05) is 43.3 Å². The molecule has 1 atom stereocenters. The fraction of sp³-hybridized carbons (Fsp3) is 0.105. The van der Waals surface area contributed by atoms with Crippen molar-refractivity contribution in [3.63, 3.8) is 0 Å². The third-order valence-electron chi connectivity index (χ3n) is 3.50. The minimum Gasteiger partial charge on any atom is -0.377 e. The highest BCUT2D eigenvalue weighted by Crippen LogP contribution is 2.30. The zero-order valence-corrected chi connectivity index (χ0v) is 14.2. The van der Waals surface area contributed by atoms with Crippen LogP contribution >= 0.6 is 11.6 Å². The normalized spacial score (nSPS) is 10.5. The van der Waals surface area contributed by atoms with Crippen molar-refractivity contribution in [1.82, 2.24) is 0 Å². The first-order valence-electron chi connectivity index (χ1n) is 7.41. The molecule has 2 N–H and O–H groups in total. The van der Waals surface area contributed by atoms with E-state index in [0.29, 0.717) is 16.4 Å². The number of nitrogens with one attached hydrogen (secondary N) is 2. The average molecular weight is 348 g/mol. The van der Waals surface area contributed by atoms with Gasteiger partial charge in [-0.1, -0.05) is 41.9 Å². The lowest BCUT2D eigenvalue weighted by molar-refractivity contribution is 0.885. The first-order chi connectivity index (χ1) is 12.1. The maximum absolute atomic E-state index is 9.21. The Labute approximate surface area is 151 Å². The third-order valence-corrected chi connectivity index (χ3v) is 3.73. The van der Waals surface area contributed by atoms with Crippen LogP contribution in [0.25, 0.3) is 0 Å². The summed E-state index contributed by atoms with van der Waals surface area (Å²) in [6.45, 7) is 2.00. The van der Waals surface area contributed by atoms with Gasteiger partial charge in [-0.3, -0.25) is 0 Å². The molecule has 0 aliphatic heterocycles. The summed E-state index contributed by atoms with van der Waals surface area (Å²) in [5, 5.41) is 33.8. The van der Waals surface area contributed by atoms with Gasteiger partial charge in [-0.25, -0.2) is 0 Å². The lowest BCUT2D eigenvalue weighted by Crippen LogP contribution is -2.09. The summed E-state index contributed by atoms with van der Waals surface area (Å²) in [5.41, 5.74) is 1.89. The standard InChI is InChI=1S/C19H14ClN5/c1-13(14-5-3-2-4-6-14)24-17-8-7-16(20)9-18(17)25-19(12-23)15(10-21)11-22/h2-9,13,24-25H,1H3. The SMILES string of the molecule is CC(Nc1ccc(Cl)cc1NC(C#N)=C(C#N)C#N)c1ccccc1. The highest BCUT2D eigenvalue weighted by Gasteiger charge is 2.12. The molecule has 25 heavy (non-hydrogen) atoms. The highest BCUT2D eigenvalue weighted by molar-refractivity contribution is 6.31. The number of halogens is 1. The van der Waals surface area contributed by atoms with Crippen molar-refractivity contribution < 1.29 is 0 Å². The average Bonchev–Trinajstić information content (AvgIpc) is 2.64. The van der Waals surface area contributed by atoms with Gasteiger partial charge in [0.2, 0.25) is 0 Å². The molecule has 0 saturated heterocycles. The van der Waals surface area contributed by atoms with Crippen LogP contribution in [0.2, 0.25) is 5.02 Å². The van der Waals surface area contributed by atoms with E-state index in [0.717, 1.165) is 5.56 Å². The van der Waals surface area contributed by atoms with E-state index >= 15 is 0 Å². The molecule has 0 aliphatic rings. The molecule has 0 radical (unpaired) electrons. The Hall–Kier alpha value is -3.46. The van der Waals surface area contributed by atoms with Crippen LogP contribution in [-0.4, -0.2) is 0 Å². The number of anilines is 2. The van der Waals surface area contributed by atoms with Crippen LogP contribution in [-0.2, 0) is 0 Å². The van der Waals surface area contributed by atoms with E-state index in [-0.39, 0.29) is 17.3 Å². The van der Waals surface area contributed by atoms with Crippen molar-refractivity contribution in [3.8, 4) is 18.2 Å². The Morgan fingerprint density at radius 2 is 1.64 bits per heavy atom. The van der Waals surface area contributed by atoms with Crippen LogP contribution in [0.4, 0.5) is 11.4 Å². The molecule has 0 aliphatic carbocycles. The molecule has 0 bridgehead atoms. The van der Waals surface area contributed by atoms with Gasteiger partial charge in [0.25, 0.3) is 0 Å². The van der Waals surface area contributed by atoms with Gasteiger partial charge in [0.15, 0.2) is 5.57 Å². The molecule has 2 rings (SSSR count). The highest BCUT2D eigenvalue weighted by atomic mass is 35.5. The Bertz CT molecular complexity index is 898. The summed E-state index contributed by atoms with van der Waals surface area (Å²) in [6.07, 6.45) is 0. The van der Waals surface area contributed by atoms with Crippen LogP contribution < -0.4 is 10.6 Å². The van der Waals surface area contributed by atoms with Gasteiger partial charge in [0.05, 0.1) is 11.4 Å². The Kier molecular flexibility index (Phi) is 6.02. The monoisotopic (exact) mass is 347 g/mol. The Morgan fingerprint density at radius 1 is 0.960 bits per heavy atom. The van der Waals surface area contributed by atoms with Gasteiger partial charge in [-0.2, -0.15) is 15.8 Å². The molecule has 0 saturated carbocycles. The van der Waals surface area contributed by atoms with Crippen LogP contribution in [0.15, 0.2) is 59.8 Å². The van der Waals surface area contributed by atoms with Crippen molar-refractivity contribution in [2.75, 3.05) is 10.6 Å². The number of nitriles is 3. The topological polar surface area (TPSA) is 95.4 Å². The number of rotatable bonds is 5. The van der Waals surface area contributed by atoms with E-state index in [1.54, 1.807) is 30.3 Å². The molecule has 122 valence electrons. The second-order valence-corrected chi connectivity index (χ2v) is 5.61. The minimum atomic E-state index is -0.287. The first kappa shape index (κ1) is 17.9. The number of allylic oxidation sites excluding steroid dienone is 2. The molecule has 0 heterocycles. The number of benzene rings is 2. The molecular weight excluding hydrogens is 334 g/mol. The number of hydrogen-bond acceptors (Lipinski definition) is 5. The largest absolute Gasteiger partial charge is 0.377 e. The van der Waals surface area contributed by atoms with Gasteiger partial charge in [0.1, 0.15) is 23.9 Å². The summed E-state index contributed by atoms with van der Waals surface area (Å²) >= 11 is 6.05. The lowest BCUT2D eigenvalue weighted by atomic mass is 10.1. The zero-order chi connectivity index (χ0) is 18.2. The predicted octanol–water partition coefficient (Wildman–Crippen LogP) is 4.75. The van der Waals surface area contributed by atoms with Crippen LogP contribution in [0.3, 0.4) is 0 Å². The summed E-state index contributed by atoms with van der Waals surface area (Å²) in [4.78, 5) is 0. The fourth-order valence-electron chi connectivity index (χ4n) is 2.22. The molecular formula is C19H14ClN5. The first-order valence-corrected chi connectivity index (χ1v) is 7.79. The van der Waals surface area contributed by atoms with Crippen LogP contribution in [0, 0.1) is 34.0 Å². The zero-order valence-electron chi connectivity index (χ0n) is 13.4. The predicted molar refractivity (Wildman–Crippen MR) is 97.4 cm³/mol. The van der Waals surface area contributed by atoms with Gasteiger partial charge < -0.3 is 10.6 Å². The second kappa shape index (κ2) is 8.41. The molecule has 2 aromatic rings. The molecule has 0 aromatic heterocycles. The molecule has 0 spiro atoms. The minimum absolute atomic E-state index is 0.00356. The second-order valence-electron chi connectivity index (χ2n) is 5.18. The van der Waals surface area contributed by atoms with Crippen LogP contribution in [0.1, 0.15) is 18.5 Å². The van der Waals surface area contributed by atoms with Crippen molar-refractivity contribution >= 4 is 23.0 Å². The smallest absolute Gasteiger partial charge is 0.163 e. The van der Waals surface area contributed by atoms with E-state index in [2.05, 4.69) is 10.6 Å². The molecule has 6 heteroatoms. The molecule has 0 fully saturated rings. The number of nitrogens with zero attached hydrogens (tertiary/aromatic N) is 3. The molecule has 5 nitrogen and oxygen atoms in total. The lowest BCUT2D eigenvalue weighted by Gasteiger charge is -2.19.